The number of nitrogens with two attached hydrogens (primary N) is 1. The Morgan fingerprint density at radius 1 is 1.83 bits per heavy atom. The molecule has 0 radical (unpaired) electrons. The first-order valence-corrected chi connectivity index (χ1v) is 2.00. The maximum Gasteiger partial charge on any atom is 0.159 e. The van der Waals surface area contributed by atoms with Gasteiger partial charge in [-0.2, -0.15) is 0 Å². The zero-order valence-electron chi connectivity index (χ0n) is 4.28. The lowest BCUT2D eigenvalue weighted by molar-refractivity contribution is -0.116. The van der Waals surface area contributed by atoms with Gasteiger partial charge in [-0.25, -0.2) is 0 Å². The van der Waals surface area contributed by atoms with Crippen molar-refractivity contribution in [2.75, 3.05) is 13.6 Å². The molecule has 0 amide bonds. The van der Waals surface area contributed by atoms with Gasteiger partial charge in [-0.15, -0.1) is 0 Å². The lowest BCUT2D eigenvalue weighted by atomic mass is 10.4. The average Bonchev–Trinajstić information content (AvgIpc) is 1.35. The van der Waals surface area contributed by atoms with Gasteiger partial charge in [0, 0.05) is 6.92 Å². The molecule has 0 aliphatic rings. The summed E-state index contributed by atoms with van der Waals surface area (Å²) in [7, 11) is 1.87. The summed E-state index contributed by atoms with van der Waals surface area (Å²) in [5, 5.41) is 8.16. The zero-order chi connectivity index (χ0) is 4.99. The second kappa shape index (κ2) is 2.85. The van der Waals surface area contributed by atoms with Crippen LogP contribution in [-0.4, -0.2) is 19.3 Å². The van der Waals surface area contributed by atoms with E-state index in [1.807, 2.05) is 14.0 Å². The molecule has 0 fully saturated rings. The summed E-state index contributed by atoms with van der Waals surface area (Å²) in [6.07, 6.45) is 0. The van der Waals surface area contributed by atoms with Crippen LogP contribution < -0.4 is 10.7 Å². The summed E-state index contributed by atoms with van der Waals surface area (Å²) >= 11 is 0. The number of hydrogen-bond donors (Lipinski definition) is 2. The van der Waals surface area contributed by atoms with Gasteiger partial charge in [0.15, 0.2) is 5.71 Å². The number of nitrogens with one attached hydrogen (secondary N) is 1. The van der Waals surface area contributed by atoms with Crippen LogP contribution in [0.15, 0.2) is 0 Å². The van der Waals surface area contributed by atoms with Gasteiger partial charge in [-0.05, 0) is 7.05 Å². The molecule has 2 heteroatoms. The normalized spacial score (nSPS) is 8.33. The first-order valence-electron chi connectivity index (χ1n) is 2.00. The van der Waals surface area contributed by atoms with E-state index in [1.165, 1.54) is 0 Å². The van der Waals surface area contributed by atoms with Crippen LogP contribution in [0.25, 0.3) is 0 Å². The van der Waals surface area contributed by atoms with Crippen molar-refractivity contribution in [2.45, 2.75) is 6.92 Å². The molecule has 36 valence electrons. The molecule has 0 bridgehead atoms. The van der Waals surface area contributed by atoms with E-state index in [2.05, 4.69) is 5.32 Å². The van der Waals surface area contributed by atoms with Crippen LogP contribution in [0.5, 0.6) is 0 Å². The van der Waals surface area contributed by atoms with Crippen LogP contribution >= 0.6 is 0 Å². The Morgan fingerprint density at radius 3 is 2.33 bits per heavy atom. The van der Waals surface area contributed by atoms with Gasteiger partial charge in [-0.1, -0.05) is 0 Å². The highest BCUT2D eigenvalue weighted by molar-refractivity contribution is 5.77. The molecule has 0 heterocycles. The average molecular weight is 87.1 g/mol. The molecule has 0 aromatic carbocycles. The summed E-state index contributed by atoms with van der Waals surface area (Å²) in [6.45, 7) is 2.70. The molecule has 0 aromatic heterocycles. The second-order valence-electron chi connectivity index (χ2n) is 1.38. The minimum Gasteiger partial charge on any atom is -0.311 e. The van der Waals surface area contributed by atoms with Crippen LogP contribution in [0.2, 0.25) is 0 Å². The molecular formula is C4H11N2+. The summed E-state index contributed by atoms with van der Waals surface area (Å²) in [5.74, 6) is 0. The fraction of sp³-hybridized carbons (Fsp3) is 0.750. The molecule has 2 nitrogen and oxygen atoms in total. The topological polar surface area (TPSA) is 37.6 Å². The van der Waals surface area contributed by atoms with E-state index in [9.17, 15) is 0 Å². The van der Waals surface area contributed by atoms with E-state index >= 15 is 0 Å². The predicted octanol–water partition coefficient (Wildman–Crippen LogP) is -1.57. The fourth-order valence-corrected chi connectivity index (χ4v) is 0.279. The third-order valence-electron chi connectivity index (χ3n) is 0.456. The Morgan fingerprint density at radius 2 is 2.33 bits per heavy atom. The van der Waals surface area contributed by atoms with E-state index in [0.717, 1.165) is 12.3 Å². The fourth-order valence-electron chi connectivity index (χ4n) is 0.279. The molecule has 6 heavy (non-hydrogen) atoms. The highest BCUT2D eigenvalue weighted by Crippen LogP contribution is 1.51. The van der Waals surface area contributed by atoms with Crippen LogP contribution in [0.4, 0.5) is 0 Å². The summed E-state index contributed by atoms with van der Waals surface area (Å²) in [6, 6.07) is 0. The van der Waals surface area contributed by atoms with Crippen molar-refractivity contribution >= 4 is 5.71 Å². The molecular weight excluding hydrogens is 76.1 g/mol. The van der Waals surface area contributed by atoms with Crippen LogP contribution in [0.3, 0.4) is 0 Å². The third kappa shape index (κ3) is 3.63. The Balaban J connectivity index is 2.83. The zero-order valence-corrected chi connectivity index (χ0v) is 4.28. The first kappa shape index (κ1) is 5.63. The van der Waals surface area contributed by atoms with Gasteiger partial charge in [0.05, 0.1) is 6.54 Å². The summed E-state index contributed by atoms with van der Waals surface area (Å²) in [5.41, 5.74) is 0.928. The number of rotatable bonds is 2. The molecule has 0 unspecified atom stereocenters. The molecule has 0 saturated carbocycles. The quantitative estimate of drug-likeness (QED) is 0.392. The highest BCUT2D eigenvalue weighted by atomic mass is 14.8. The summed E-state index contributed by atoms with van der Waals surface area (Å²) in [4.78, 5) is 0. The first-order chi connectivity index (χ1) is 2.77. The van der Waals surface area contributed by atoms with Crippen molar-refractivity contribution in [2.24, 2.45) is 0 Å². The van der Waals surface area contributed by atoms with Crippen molar-refractivity contribution in [1.29, 1.82) is 0 Å². The molecule has 0 aliphatic carbocycles. The van der Waals surface area contributed by atoms with E-state index in [4.69, 9.17) is 5.41 Å². The molecule has 0 spiro atoms. The minimum atomic E-state index is 0.819. The molecule has 0 atom stereocenters. The van der Waals surface area contributed by atoms with Crippen molar-refractivity contribution in [3.63, 3.8) is 0 Å². The second-order valence-corrected chi connectivity index (χ2v) is 1.38. The number of hydrogen-bond acceptors (Lipinski definition) is 1. The standard InChI is InChI=1S/C4H10N2/c1-4(5)3-6-2/h5-6H,3H2,1-2H3/p+1. The SMILES string of the molecule is CNCC(C)=[NH2+]. The molecule has 0 aliphatic heterocycles. The molecule has 0 aromatic rings. The molecule has 0 rings (SSSR count). The lowest BCUT2D eigenvalue weighted by Crippen LogP contribution is -2.42. The monoisotopic (exact) mass is 87.1 g/mol. The van der Waals surface area contributed by atoms with Crippen molar-refractivity contribution < 1.29 is 5.41 Å². The van der Waals surface area contributed by atoms with Gasteiger partial charge in [0.1, 0.15) is 0 Å². The van der Waals surface area contributed by atoms with E-state index in [-0.39, 0.29) is 0 Å². The summed E-state index contributed by atoms with van der Waals surface area (Å²) < 4.78 is 0. The maximum atomic E-state index is 5.26. The van der Waals surface area contributed by atoms with Gasteiger partial charge >= 0.3 is 0 Å². The Kier molecular flexibility index (Phi) is 2.67. The minimum absolute atomic E-state index is 0.819. The Labute approximate surface area is 38.1 Å². The van der Waals surface area contributed by atoms with Crippen LogP contribution in [0.1, 0.15) is 6.92 Å². The van der Waals surface area contributed by atoms with E-state index in [1.54, 1.807) is 0 Å². The van der Waals surface area contributed by atoms with Crippen molar-refractivity contribution in [1.82, 2.24) is 5.32 Å². The maximum absolute atomic E-state index is 5.26. The van der Waals surface area contributed by atoms with Gasteiger partial charge in [-0.3, -0.25) is 5.41 Å². The lowest BCUT2D eigenvalue weighted by Gasteiger charge is -1.83. The van der Waals surface area contributed by atoms with E-state index in [0.29, 0.717) is 0 Å². The van der Waals surface area contributed by atoms with Crippen LogP contribution in [-0.2, 0) is 0 Å². The molecule has 3 N–H and O–H groups in total. The highest BCUT2D eigenvalue weighted by Gasteiger charge is 1.83. The van der Waals surface area contributed by atoms with Crippen molar-refractivity contribution in [3.05, 3.63) is 0 Å². The Hall–Kier alpha value is -0.370. The van der Waals surface area contributed by atoms with Crippen molar-refractivity contribution in [3.8, 4) is 0 Å². The smallest absolute Gasteiger partial charge is 0.159 e. The Bertz CT molecular complexity index is 49.5. The van der Waals surface area contributed by atoms with E-state index < -0.39 is 0 Å². The third-order valence-corrected chi connectivity index (χ3v) is 0.456. The van der Waals surface area contributed by atoms with Crippen LogP contribution in [0, 0.1) is 0 Å². The molecule has 0 saturated heterocycles. The predicted molar refractivity (Wildman–Crippen MR) is 26.5 cm³/mol. The largest absolute Gasteiger partial charge is 0.311 e. The van der Waals surface area contributed by atoms with Gasteiger partial charge in [0.2, 0.25) is 0 Å². The van der Waals surface area contributed by atoms with Gasteiger partial charge < -0.3 is 5.32 Å². The van der Waals surface area contributed by atoms with Gasteiger partial charge in [0.25, 0.3) is 0 Å².